The number of carboxylic acid groups (broad SMARTS) is 1. The molecule has 1 amide bonds. The Bertz CT molecular complexity index is 679. The van der Waals surface area contributed by atoms with E-state index in [0.29, 0.717) is 0 Å². The van der Waals surface area contributed by atoms with Crippen molar-refractivity contribution in [3.8, 4) is 0 Å². The molecule has 0 bridgehead atoms. The Morgan fingerprint density at radius 1 is 1.33 bits per heavy atom. The van der Waals surface area contributed by atoms with Crippen molar-refractivity contribution in [3.63, 3.8) is 0 Å². The lowest BCUT2D eigenvalue weighted by Gasteiger charge is -2.18. The molecule has 0 radical (unpaired) electrons. The summed E-state index contributed by atoms with van der Waals surface area (Å²) in [6, 6.07) is 6.85. The molecule has 6 heteroatoms. The first kappa shape index (κ1) is 15.6. The van der Waals surface area contributed by atoms with Crippen molar-refractivity contribution in [2.45, 2.75) is 26.4 Å². The van der Waals surface area contributed by atoms with Crippen molar-refractivity contribution in [1.29, 1.82) is 0 Å². The van der Waals surface area contributed by atoms with Gasteiger partial charge in [0.25, 0.3) is 0 Å². The highest BCUT2D eigenvalue weighted by Gasteiger charge is 2.23. The first-order valence-corrected chi connectivity index (χ1v) is 7.44. The summed E-state index contributed by atoms with van der Waals surface area (Å²) in [6.07, 6.45) is 1.82. The molecule has 0 aliphatic carbocycles. The number of aliphatic carboxylic acids is 1. The van der Waals surface area contributed by atoms with Gasteiger partial charge in [-0.2, -0.15) is 0 Å². The molecule has 1 atom stereocenters. The molecule has 2 rings (SSSR count). The van der Waals surface area contributed by atoms with E-state index < -0.39 is 12.0 Å². The van der Waals surface area contributed by atoms with Gasteiger partial charge in [0.2, 0.25) is 5.91 Å². The molecule has 0 fully saturated rings. The highest BCUT2D eigenvalue weighted by Crippen LogP contribution is 2.20. The molecule has 1 heterocycles. The van der Waals surface area contributed by atoms with Crippen molar-refractivity contribution in [1.82, 2.24) is 9.88 Å². The normalized spacial score (nSPS) is 12.6. The van der Waals surface area contributed by atoms with Crippen LogP contribution in [-0.2, 0) is 16.1 Å². The third-order valence-corrected chi connectivity index (χ3v) is 3.79. The Labute approximate surface area is 131 Å². The molecule has 0 saturated carbocycles. The van der Waals surface area contributed by atoms with Gasteiger partial charge in [-0.05, 0) is 30.2 Å². The van der Waals surface area contributed by atoms with Gasteiger partial charge < -0.3 is 15.0 Å². The summed E-state index contributed by atoms with van der Waals surface area (Å²) < 4.78 is 2.78. The van der Waals surface area contributed by atoms with Crippen LogP contribution in [-0.4, -0.2) is 27.6 Å². The molecule has 0 spiro atoms. The van der Waals surface area contributed by atoms with E-state index in [2.05, 4.69) is 21.2 Å². The fraction of sp³-hybridized carbons (Fsp3) is 0.333. The maximum Gasteiger partial charge on any atom is 0.326 e. The van der Waals surface area contributed by atoms with Crippen molar-refractivity contribution in [2.75, 3.05) is 0 Å². The van der Waals surface area contributed by atoms with Crippen molar-refractivity contribution in [2.24, 2.45) is 5.92 Å². The molecule has 0 aliphatic heterocycles. The lowest BCUT2D eigenvalue weighted by molar-refractivity contribution is -0.143. The van der Waals surface area contributed by atoms with Gasteiger partial charge in [0.1, 0.15) is 12.6 Å². The molecule has 5 nitrogen and oxygen atoms in total. The number of carboxylic acids is 1. The molecule has 1 aromatic heterocycles. The zero-order valence-electron chi connectivity index (χ0n) is 11.8. The van der Waals surface area contributed by atoms with E-state index in [1.807, 2.05) is 30.5 Å². The summed E-state index contributed by atoms with van der Waals surface area (Å²) >= 11 is 3.40. The quantitative estimate of drug-likeness (QED) is 0.868. The van der Waals surface area contributed by atoms with Crippen LogP contribution in [0.15, 0.2) is 34.9 Å². The van der Waals surface area contributed by atoms with Crippen molar-refractivity contribution >= 4 is 38.7 Å². The second-order valence-electron chi connectivity index (χ2n) is 5.27. The number of hydrogen-bond acceptors (Lipinski definition) is 2. The minimum Gasteiger partial charge on any atom is -0.480 e. The average molecular weight is 353 g/mol. The van der Waals surface area contributed by atoms with Crippen molar-refractivity contribution in [3.05, 3.63) is 34.9 Å². The minimum absolute atomic E-state index is 0.0988. The van der Waals surface area contributed by atoms with Crippen LogP contribution in [0.2, 0.25) is 0 Å². The van der Waals surface area contributed by atoms with E-state index in [-0.39, 0.29) is 18.4 Å². The SMILES string of the molecule is CC(C)C(NC(=O)Cn1ccc2cc(Br)ccc21)C(=O)O. The zero-order chi connectivity index (χ0) is 15.6. The van der Waals surface area contributed by atoms with Crippen molar-refractivity contribution < 1.29 is 14.7 Å². The van der Waals surface area contributed by atoms with E-state index in [4.69, 9.17) is 5.11 Å². The van der Waals surface area contributed by atoms with E-state index in [1.54, 1.807) is 18.4 Å². The number of rotatable bonds is 5. The van der Waals surface area contributed by atoms with Gasteiger partial charge in [0.15, 0.2) is 0 Å². The minimum atomic E-state index is -1.01. The van der Waals surface area contributed by atoms with Gasteiger partial charge in [-0.15, -0.1) is 0 Å². The van der Waals surface area contributed by atoms with Gasteiger partial charge >= 0.3 is 5.97 Å². The predicted molar refractivity (Wildman–Crippen MR) is 84.0 cm³/mol. The van der Waals surface area contributed by atoms with Crippen LogP contribution in [0.4, 0.5) is 0 Å². The monoisotopic (exact) mass is 352 g/mol. The summed E-state index contributed by atoms with van der Waals surface area (Å²) in [4.78, 5) is 23.1. The fourth-order valence-corrected chi connectivity index (χ4v) is 2.58. The topological polar surface area (TPSA) is 71.3 Å². The first-order valence-electron chi connectivity index (χ1n) is 6.65. The zero-order valence-corrected chi connectivity index (χ0v) is 13.4. The number of benzene rings is 1. The number of hydrogen-bond donors (Lipinski definition) is 2. The number of fused-ring (bicyclic) bond motifs is 1. The third-order valence-electron chi connectivity index (χ3n) is 3.30. The van der Waals surface area contributed by atoms with Crippen LogP contribution < -0.4 is 5.32 Å². The van der Waals surface area contributed by atoms with Crippen LogP contribution in [0.25, 0.3) is 10.9 Å². The Hall–Kier alpha value is -1.82. The average Bonchev–Trinajstić information content (AvgIpc) is 2.77. The van der Waals surface area contributed by atoms with Gasteiger partial charge in [-0.1, -0.05) is 29.8 Å². The summed E-state index contributed by atoms with van der Waals surface area (Å²) in [6.45, 7) is 3.63. The van der Waals surface area contributed by atoms with E-state index in [0.717, 1.165) is 15.4 Å². The molecule has 0 aliphatic rings. The number of carbonyl (C=O) groups excluding carboxylic acids is 1. The number of nitrogens with zero attached hydrogens (tertiary/aromatic N) is 1. The summed E-state index contributed by atoms with van der Waals surface area (Å²) in [5.74, 6) is -1.49. The molecule has 2 aromatic rings. The lowest BCUT2D eigenvalue weighted by atomic mass is 10.1. The maximum atomic E-state index is 12.0. The summed E-state index contributed by atoms with van der Waals surface area (Å²) in [7, 11) is 0. The molecule has 1 unspecified atom stereocenters. The number of halogens is 1. The van der Waals surface area contributed by atoms with Crippen LogP contribution in [0.5, 0.6) is 0 Å². The van der Waals surface area contributed by atoms with Crippen LogP contribution in [0.3, 0.4) is 0 Å². The Morgan fingerprint density at radius 3 is 2.67 bits per heavy atom. The second-order valence-corrected chi connectivity index (χ2v) is 6.19. The molecule has 1 aromatic carbocycles. The standard InChI is InChI=1S/C15H17BrN2O3/c1-9(2)14(15(20)21)17-13(19)8-18-6-5-10-7-11(16)3-4-12(10)18/h3-7,9,14H,8H2,1-2H3,(H,17,19)(H,20,21). The van der Waals surface area contributed by atoms with Crippen LogP contribution in [0.1, 0.15) is 13.8 Å². The highest BCUT2D eigenvalue weighted by atomic mass is 79.9. The molecule has 112 valence electrons. The summed E-state index contributed by atoms with van der Waals surface area (Å²) in [5, 5.41) is 12.7. The van der Waals surface area contributed by atoms with E-state index >= 15 is 0 Å². The number of nitrogens with one attached hydrogen (secondary N) is 1. The lowest BCUT2D eigenvalue weighted by Crippen LogP contribution is -2.45. The van der Waals surface area contributed by atoms with Crippen LogP contribution in [0, 0.1) is 5.92 Å². The fourth-order valence-electron chi connectivity index (χ4n) is 2.20. The maximum absolute atomic E-state index is 12.0. The molecular formula is C15H17BrN2O3. The second kappa shape index (κ2) is 6.30. The number of aromatic nitrogens is 1. The van der Waals surface area contributed by atoms with E-state index in [1.165, 1.54) is 0 Å². The first-order chi connectivity index (χ1) is 9.88. The third kappa shape index (κ3) is 3.64. The number of amides is 1. The van der Waals surface area contributed by atoms with Gasteiger partial charge in [-0.25, -0.2) is 4.79 Å². The van der Waals surface area contributed by atoms with Gasteiger partial charge in [-0.3, -0.25) is 4.79 Å². The Balaban J connectivity index is 2.13. The Kier molecular flexibility index (Phi) is 4.67. The highest BCUT2D eigenvalue weighted by molar-refractivity contribution is 9.10. The molecule has 21 heavy (non-hydrogen) atoms. The van der Waals surface area contributed by atoms with Gasteiger partial charge in [0.05, 0.1) is 0 Å². The number of carbonyl (C=O) groups is 2. The molecule has 2 N–H and O–H groups in total. The van der Waals surface area contributed by atoms with Crippen LogP contribution >= 0.6 is 15.9 Å². The predicted octanol–water partition coefficient (Wildman–Crippen LogP) is 2.63. The molecular weight excluding hydrogens is 336 g/mol. The largest absolute Gasteiger partial charge is 0.480 e. The summed E-state index contributed by atoms with van der Waals surface area (Å²) in [5.41, 5.74) is 0.935. The van der Waals surface area contributed by atoms with Gasteiger partial charge in [0, 0.05) is 21.6 Å². The molecule has 0 saturated heterocycles. The Morgan fingerprint density at radius 2 is 2.05 bits per heavy atom. The smallest absolute Gasteiger partial charge is 0.326 e. The van der Waals surface area contributed by atoms with E-state index in [9.17, 15) is 9.59 Å².